The summed E-state index contributed by atoms with van der Waals surface area (Å²) in [7, 11) is 0. The molecule has 1 amide bonds. The van der Waals surface area contributed by atoms with Gasteiger partial charge in [0.2, 0.25) is 0 Å². The van der Waals surface area contributed by atoms with Crippen LogP contribution in [0.1, 0.15) is 29.8 Å². The van der Waals surface area contributed by atoms with E-state index in [0.29, 0.717) is 12.1 Å². The molecule has 1 aromatic carbocycles. The fraction of sp³-hybridized carbons (Fsp3) is 0.333. The van der Waals surface area contributed by atoms with E-state index in [4.69, 9.17) is 9.52 Å². The monoisotopic (exact) mass is 351 g/mol. The molecule has 0 radical (unpaired) electrons. The second kappa shape index (κ2) is 5.52. The van der Waals surface area contributed by atoms with Crippen LogP contribution in [0, 0.1) is 0 Å². The maximum absolute atomic E-state index is 12.5. The van der Waals surface area contributed by atoms with Crippen molar-refractivity contribution in [1.82, 2.24) is 4.90 Å². The van der Waals surface area contributed by atoms with Crippen molar-refractivity contribution in [3.8, 4) is 0 Å². The highest BCUT2D eigenvalue weighted by Gasteiger charge is 2.32. The lowest BCUT2D eigenvalue weighted by Gasteiger charge is -2.22. The second-order valence-corrected chi connectivity index (χ2v) is 6.10. The van der Waals surface area contributed by atoms with Gasteiger partial charge < -0.3 is 14.4 Å². The molecule has 21 heavy (non-hydrogen) atoms. The number of carboxylic acids is 1. The Kier molecular flexibility index (Phi) is 3.71. The Bertz CT molecular complexity index is 709. The molecule has 1 fully saturated rings. The zero-order valence-electron chi connectivity index (χ0n) is 11.2. The van der Waals surface area contributed by atoms with Crippen molar-refractivity contribution in [2.24, 2.45) is 0 Å². The third-order valence-electron chi connectivity index (χ3n) is 3.74. The molecule has 3 rings (SSSR count). The van der Waals surface area contributed by atoms with Crippen molar-refractivity contribution in [3.05, 3.63) is 34.5 Å². The van der Waals surface area contributed by atoms with Crippen molar-refractivity contribution < 1.29 is 19.1 Å². The van der Waals surface area contributed by atoms with Gasteiger partial charge in [-0.1, -0.05) is 15.9 Å². The van der Waals surface area contributed by atoms with Gasteiger partial charge in [-0.05, 0) is 37.1 Å². The lowest BCUT2D eigenvalue weighted by molar-refractivity contribution is -0.137. The maximum Gasteiger partial charge on any atom is 0.305 e. The summed E-state index contributed by atoms with van der Waals surface area (Å²) in [5.74, 6) is -0.848. The summed E-state index contributed by atoms with van der Waals surface area (Å²) >= 11 is 3.38. The van der Waals surface area contributed by atoms with Crippen LogP contribution in [0.4, 0.5) is 0 Å². The number of hydrogen-bond acceptors (Lipinski definition) is 3. The zero-order valence-corrected chi connectivity index (χ0v) is 12.8. The Morgan fingerprint density at radius 3 is 2.95 bits per heavy atom. The van der Waals surface area contributed by atoms with Crippen LogP contribution < -0.4 is 0 Å². The van der Waals surface area contributed by atoms with Crippen LogP contribution in [0.25, 0.3) is 11.0 Å². The minimum Gasteiger partial charge on any atom is -0.481 e. The fourth-order valence-electron chi connectivity index (χ4n) is 2.78. The van der Waals surface area contributed by atoms with Crippen LogP contribution in [0.15, 0.2) is 33.2 Å². The van der Waals surface area contributed by atoms with Gasteiger partial charge in [-0.25, -0.2) is 0 Å². The summed E-state index contributed by atoms with van der Waals surface area (Å²) in [6.45, 7) is 0.581. The van der Waals surface area contributed by atoms with Gasteiger partial charge in [-0.2, -0.15) is 0 Å². The highest BCUT2D eigenvalue weighted by molar-refractivity contribution is 9.10. The Morgan fingerprint density at radius 1 is 1.38 bits per heavy atom. The lowest BCUT2D eigenvalue weighted by Crippen LogP contribution is -2.36. The van der Waals surface area contributed by atoms with Crippen molar-refractivity contribution in [3.63, 3.8) is 0 Å². The molecule has 1 atom stereocenters. The van der Waals surface area contributed by atoms with E-state index in [-0.39, 0.29) is 24.1 Å². The molecule has 1 unspecified atom stereocenters. The van der Waals surface area contributed by atoms with Crippen molar-refractivity contribution in [2.75, 3.05) is 6.54 Å². The van der Waals surface area contributed by atoms with Crippen molar-refractivity contribution in [2.45, 2.75) is 25.3 Å². The maximum atomic E-state index is 12.5. The molecule has 1 aromatic heterocycles. The van der Waals surface area contributed by atoms with Gasteiger partial charge in [0, 0.05) is 22.4 Å². The van der Waals surface area contributed by atoms with Crippen molar-refractivity contribution >= 4 is 38.8 Å². The molecule has 0 bridgehead atoms. The van der Waals surface area contributed by atoms with Crippen LogP contribution in [0.2, 0.25) is 0 Å². The van der Waals surface area contributed by atoms with Gasteiger partial charge in [-0.3, -0.25) is 9.59 Å². The molecule has 2 heterocycles. The minimum atomic E-state index is -0.881. The summed E-state index contributed by atoms with van der Waals surface area (Å²) in [5, 5.41) is 9.77. The third kappa shape index (κ3) is 2.81. The van der Waals surface area contributed by atoms with Crippen molar-refractivity contribution in [1.29, 1.82) is 0 Å². The van der Waals surface area contributed by atoms with Gasteiger partial charge in [-0.15, -0.1) is 0 Å². The quantitative estimate of drug-likeness (QED) is 0.920. The molecular formula is C15H14BrNO4. The number of amides is 1. The number of halogens is 1. The first-order valence-corrected chi connectivity index (χ1v) is 7.56. The fourth-order valence-corrected chi connectivity index (χ4v) is 3.16. The normalized spacial score (nSPS) is 18.3. The van der Waals surface area contributed by atoms with Gasteiger partial charge >= 0.3 is 5.97 Å². The lowest BCUT2D eigenvalue weighted by atomic mass is 10.1. The second-order valence-electron chi connectivity index (χ2n) is 5.19. The first kappa shape index (κ1) is 14.1. The Morgan fingerprint density at radius 2 is 2.19 bits per heavy atom. The number of nitrogens with zero attached hydrogens (tertiary/aromatic N) is 1. The predicted octanol–water partition coefficient (Wildman–Crippen LogP) is 3.27. The topological polar surface area (TPSA) is 70.8 Å². The van der Waals surface area contributed by atoms with Gasteiger partial charge in [0.05, 0.1) is 6.42 Å². The summed E-state index contributed by atoms with van der Waals surface area (Å²) in [6.07, 6.45) is 1.54. The average molecular weight is 352 g/mol. The molecule has 6 heteroatoms. The number of carbonyl (C=O) groups excluding carboxylic acids is 1. The Balaban J connectivity index is 1.87. The van der Waals surface area contributed by atoms with E-state index >= 15 is 0 Å². The predicted molar refractivity (Wildman–Crippen MR) is 80.2 cm³/mol. The summed E-state index contributed by atoms with van der Waals surface area (Å²) in [5.41, 5.74) is 0.649. The largest absolute Gasteiger partial charge is 0.481 e. The Labute approximate surface area is 129 Å². The van der Waals surface area contributed by atoms with E-state index in [2.05, 4.69) is 15.9 Å². The van der Waals surface area contributed by atoms with Gasteiger partial charge in [0.25, 0.3) is 5.91 Å². The van der Waals surface area contributed by atoms with Crippen LogP contribution in [0.3, 0.4) is 0 Å². The Hall–Kier alpha value is -1.82. The molecule has 1 aliphatic heterocycles. The summed E-state index contributed by atoms with van der Waals surface area (Å²) < 4.78 is 6.51. The first-order chi connectivity index (χ1) is 10.0. The van der Waals surface area contributed by atoms with Gasteiger partial charge in [0.15, 0.2) is 5.76 Å². The van der Waals surface area contributed by atoms with Crippen LogP contribution >= 0.6 is 15.9 Å². The van der Waals surface area contributed by atoms with Crippen LogP contribution in [-0.2, 0) is 4.79 Å². The average Bonchev–Trinajstić information content (AvgIpc) is 3.03. The molecule has 1 N–H and O–H groups in total. The van der Waals surface area contributed by atoms with E-state index < -0.39 is 5.97 Å². The first-order valence-electron chi connectivity index (χ1n) is 6.76. The molecular weight excluding hydrogens is 338 g/mol. The number of hydrogen-bond donors (Lipinski definition) is 1. The number of rotatable bonds is 3. The smallest absolute Gasteiger partial charge is 0.305 e. The highest BCUT2D eigenvalue weighted by atomic mass is 79.9. The number of furan rings is 1. The number of carboxylic acid groups (broad SMARTS) is 1. The van der Waals surface area contributed by atoms with Gasteiger partial charge in [0.1, 0.15) is 5.58 Å². The highest BCUT2D eigenvalue weighted by Crippen LogP contribution is 2.27. The number of likely N-dealkylation sites (tertiary alicyclic amines) is 1. The molecule has 1 aliphatic rings. The van der Waals surface area contributed by atoms with Crippen LogP contribution in [0.5, 0.6) is 0 Å². The zero-order chi connectivity index (χ0) is 15.0. The molecule has 2 aromatic rings. The molecule has 110 valence electrons. The molecule has 0 aliphatic carbocycles. The van der Waals surface area contributed by atoms with E-state index in [1.54, 1.807) is 17.0 Å². The minimum absolute atomic E-state index is 0.0164. The van der Waals surface area contributed by atoms with E-state index in [1.807, 2.05) is 12.1 Å². The number of benzene rings is 1. The van der Waals surface area contributed by atoms with E-state index in [9.17, 15) is 9.59 Å². The van der Waals surface area contributed by atoms with E-state index in [0.717, 1.165) is 22.7 Å². The summed E-state index contributed by atoms with van der Waals surface area (Å²) in [4.78, 5) is 25.0. The molecule has 5 nitrogen and oxygen atoms in total. The number of aliphatic carboxylic acids is 1. The van der Waals surface area contributed by atoms with E-state index in [1.165, 1.54) is 0 Å². The third-order valence-corrected chi connectivity index (χ3v) is 4.23. The summed E-state index contributed by atoms with van der Waals surface area (Å²) in [6, 6.07) is 7.00. The number of carbonyl (C=O) groups is 2. The standard InChI is InChI=1S/C15H14BrNO4/c16-10-3-4-12-9(6-10)7-13(21-12)15(20)17-5-1-2-11(17)8-14(18)19/h3-4,6-7,11H,1-2,5,8H2,(H,18,19). The molecule has 0 saturated carbocycles. The molecule has 1 saturated heterocycles. The van der Waals surface area contributed by atoms with Crippen LogP contribution in [-0.4, -0.2) is 34.5 Å². The number of fused-ring (bicyclic) bond motifs is 1. The SMILES string of the molecule is O=C(O)CC1CCCN1C(=O)c1cc2cc(Br)ccc2o1. The molecule has 0 spiro atoms.